The second-order valence-electron chi connectivity index (χ2n) is 26.7. The van der Waals surface area contributed by atoms with Gasteiger partial charge in [0.05, 0.1) is 33.6 Å². The number of imidazole rings is 3. The van der Waals surface area contributed by atoms with E-state index in [-0.39, 0.29) is 5.92 Å². The second-order valence-corrected chi connectivity index (χ2v) is 26.7. The molecule has 14 aromatic carbocycles. The summed E-state index contributed by atoms with van der Waals surface area (Å²) in [5.74, 6) is 8.26. The topological polar surface area (TPSA) is 81.2 Å². The Labute approximate surface area is 572 Å². The van der Waals surface area contributed by atoms with Crippen molar-refractivity contribution >= 4 is 92.5 Å². The number of hydrogen-bond acceptors (Lipinski definition) is 6. The summed E-state index contributed by atoms with van der Waals surface area (Å²) >= 11 is 0. The summed E-state index contributed by atoms with van der Waals surface area (Å²) in [7, 11) is 0. The van der Waals surface area contributed by atoms with Crippen LogP contribution < -0.4 is 14.2 Å². The summed E-state index contributed by atoms with van der Waals surface area (Å²) in [5, 5.41) is 12.8. The van der Waals surface area contributed by atoms with E-state index in [9.17, 15) is 0 Å². The molecular formula is C91H52N6O3. The monoisotopic (exact) mass is 1280 g/mol. The fourth-order valence-corrected chi connectivity index (χ4v) is 17.5. The molecule has 8 aliphatic rings. The lowest BCUT2D eigenvalue weighted by atomic mass is 9.67. The van der Waals surface area contributed by atoms with Gasteiger partial charge in [0, 0.05) is 22.6 Å². The zero-order valence-electron chi connectivity index (χ0n) is 53.5. The fourth-order valence-electron chi connectivity index (χ4n) is 17.5. The number of nitrogens with zero attached hydrogens (tertiary/aromatic N) is 6. The minimum Gasteiger partial charge on any atom is -0.453 e. The number of aromatic nitrogens is 6. The maximum Gasteiger partial charge on any atom is 0.153 e. The first-order valence-corrected chi connectivity index (χ1v) is 34.1. The molecule has 6 heterocycles. The van der Waals surface area contributed by atoms with Crippen LogP contribution in [-0.4, -0.2) is 28.7 Å². The lowest BCUT2D eigenvalue weighted by Crippen LogP contribution is -2.23. The van der Waals surface area contributed by atoms with Gasteiger partial charge in [0.1, 0.15) is 34.0 Å². The number of hydrogen-bond donors (Lipinski definition) is 0. The van der Waals surface area contributed by atoms with Crippen molar-refractivity contribution in [2.45, 2.75) is 6.42 Å². The van der Waals surface area contributed by atoms with Crippen molar-refractivity contribution in [3.05, 3.63) is 331 Å². The molecule has 0 N–H and O–H groups in total. The van der Waals surface area contributed by atoms with Crippen LogP contribution in [0.1, 0.15) is 12.2 Å². The maximum atomic E-state index is 6.26. The third-order valence-corrected chi connectivity index (χ3v) is 21.6. The molecule has 9 heteroatoms. The fraction of sp³-hybridized carbons (Fsp3) is 0.0220. The summed E-state index contributed by atoms with van der Waals surface area (Å²) in [4.78, 5) is 15.5. The van der Waals surface area contributed by atoms with Gasteiger partial charge in [-0.25, -0.2) is 15.0 Å². The molecule has 0 bridgehead atoms. The number of allylic oxidation sites excluding steroid dienone is 14. The van der Waals surface area contributed by atoms with Gasteiger partial charge < -0.3 is 14.2 Å². The first-order valence-electron chi connectivity index (χ1n) is 34.1. The summed E-state index contributed by atoms with van der Waals surface area (Å²) in [5.41, 5.74) is 24.6. The largest absolute Gasteiger partial charge is 0.453 e. The van der Waals surface area contributed by atoms with Crippen molar-refractivity contribution in [1.82, 2.24) is 28.7 Å². The Kier molecular flexibility index (Phi) is 10.8. The summed E-state index contributed by atoms with van der Waals surface area (Å²) in [6.07, 6.45) is 19.1. The van der Waals surface area contributed by atoms with E-state index < -0.39 is 0 Å². The van der Waals surface area contributed by atoms with Crippen molar-refractivity contribution in [2.24, 2.45) is 5.92 Å². The number of benzene rings is 14. The van der Waals surface area contributed by atoms with Crippen LogP contribution >= 0.6 is 0 Å². The first-order chi connectivity index (χ1) is 49.6. The number of para-hydroxylation sites is 9. The molecule has 5 aliphatic carbocycles. The molecule has 100 heavy (non-hydrogen) atoms. The molecule has 1 atom stereocenters. The molecule has 0 radical (unpaired) electrons. The minimum absolute atomic E-state index is 0.280. The lowest BCUT2D eigenvalue weighted by Gasteiger charge is -2.37. The summed E-state index contributed by atoms with van der Waals surface area (Å²) in [6, 6.07) is 87.2. The van der Waals surface area contributed by atoms with Crippen LogP contribution in [-0.2, 0) is 0 Å². The predicted molar refractivity (Wildman–Crippen MR) is 403 cm³/mol. The highest BCUT2D eigenvalue weighted by molar-refractivity contribution is 6.34. The van der Waals surface area contributed by atoms with Gasteiger partial charge >= 0.3 is 0 Å². The molecule has 3 aliphatic heterocycles. The summed E-state index contributed by atoms with van der Waals surface area (Å²) in [6.45, 7) is 0. The lowest BCUT2D eigenvalue weighted by molar-refractivity contribution is 0.475. The van der Waals surface area contributed by atoms with E-state index in [4.69, 9.17) is 29.2 Å². The molecule has 0 saturated carbocycles. The average molecular weight is 1280 g/mol. The molecule has 464 valence electrons. The summed E-state index contributed by atoms with van der Waals surface area (Å²) < 4.78 is 25.5. The van der Waals surface area contributed by atoms with Crippen LogP contribution in [0.5, 0.6) is 34.5 Å². The van der Waals surface area contributed by atoms with Gasteiger partial charge in [-0.2, -0.15) is 0 Å². The van der Waals surface area contributed by atoms with Crippen molar-refractivity contribution in [3.8, 4) is 96.6 Å². The van der Waals surface area contributed by atoms with E-state index >= 15 is 0 Å². The Morgan fingerprint density at radius 3 is 1.40 bits per heavy atom. The molecule has 0 saturated heterocycles. The molecule has 25 rings (SSSR count). The van der Waals surface area contributed by atoms with Gasteiger partial charge in [-0.15, -0.1) is 0 Å². The second kappa shape index (κ2) is 20.1. The zero-order valence-corrected chi connectivity index (χ0v) is 53.5. The molecule has 0 fully saturated rings. The number of rotatable bonds is 3. The van der Waals surface area contributed by atoms with Crippen LogP contribution in [0, 0.1) is 5.92 Å². The van der Waals surface area contributed by atoms with Gasteiger partial charge in [0.25, 0.3) is 0 Å². The smallest absolute Gasteiger partial charge is 0.153 e. The Morgan fingerprint density at radius 2 is 0.790 bits per heavy atom. The van der Waals surface area contributed by atoms with E-state index in [1.165, 1.54) is 110 Å². The average Bonchev–Trinajstić information content (AvgIpc) is 1.24. The van der Waals surface area contributed by atoms with Gasteiger partial charge in [0.15, 0.2) is 34.5 Å². The molecule has 3 aromatic heterocycles. The van der Waals surface area contributed by atoms with E-state index in [0.29, 0.717) is 0 Å². The van der Waals surface area contributed by atoms with E-state index in [0.717, 1.165) is 120 Å². The molecule has 9 nitrogen and oxygen atoms in total. The molecular weight excluding hydrogens is 1230 g/mol. The molecule has 17 aromatic rings. The van der Waals surface area contributed by atoms with Gasteiger partial charge in [-0.05, 0) is 201 Å². The van der Waals surface area contributed by atoms with Crippen molar-refractivity contribution < 1.29 is 14.2 Å². The highest BCUT2D eigenvalue weighted by Gasteiger charge is 2.38. The Hall–Kier alpha value is -13.4. The van der Waals surface area contributed by atoms with Crippen LogP contribution in [0.2, 0.25) is 0 Å². The number of ether oxygens (including phenoxy) is 3. The zero-order chi connectivity index (χ0) is 65.0. The van der Waals surface area contributed by atoms with E-state index in [1.54, 1.807) is 0 Å². The van der Waals surface area contributed by atoms with Gasteiger partial charge in [-0.3, -0.25) is 13.7 Å². The molecule has 0 amide bonds. The minimum atomic E-state index is 0.280. The van der Waals surface area contributed by atoms with Gasteiger partial charge in [-0.1, -0.05) is 206 Å². The van der Waals surface area contributed by atoms with Crippen LogP contribution in [0.15, 0.2) is 325 Å². The first kappa shape index (κ1) is 53.8. The predicted octanol–water partition coefficient (Wildman–Crippen LogP) is 23.2. The van der Waals surface area contributed by atoms with E-state index in [1.807, 2.05) is 72.8 Å². The molecule has 1 unspecified atom stereocenters. The van der Waals surface area contributed by atoms with E-state index in [2.05, 4.69) is 238 Å². The quantitative estimate of drug-likeness (QED) is 0.130. The Bertz CT molecular complexity index is 6780. The normalized spacial score (nSPS) is 15.4. The van der Waals surface area contributed by atoms with Gasteiger partial charge in [0.2, 0.25) is 0 Å². The molecule has 0 spiro atoms. The van der Waals surface area contributed by atoms with Crippen LogP contribution in [0.4, 0.5) is 0 Å². The maximum absolute atomic E-state index is 6.26. The highest BCUT2D eigenvalue weighted by atomic mass is 16.5. The van der Waals surface area contributed by atoms with Crippen molar-refractivity contribution in [2.75, 3.05) is 0 Å². The SMILES string of the molecule is C1=CC2=C(c3nc4cccc5c4n3-c3ccccc3O5)C=C3CC=CC4=C3C2C(=C1)C=C4.c1ccc2c(c1)Oc1cccc3nc(-c4ccc5c6c(cccc46)-c4ccccc4-5)n-2c13.c1ccc2c(c1)Oc1cccc3nc(-c4ccc5c6cccc7cccc(c8cccc4c85)c76)n-2c13. The van der Waals surface area contributed by atoms with Crippen LogP contribution in [0.3, 0.4) is 0 Å². The van der Waals surface area contributed by atoms with Crippen molar-refractivity contribution in [3.63, 3.8) is 0 Å². The van der Waals surface area contributed by atoms with Crippen LogP contribution in [0.25, 0.3) is 155 Å². The Morgan fingerprint density at radius 1 is 0.340 bits per heavy atom. The third-order valence-electron chi connectivity index (χ3n) is 21.6. The number of fused-ring (bicyclic) bond motifs is 11. The Balaban J connectivity index is 0.0000000933. The third kappa shape index (κ3) is 7.36. The highest BCUT2D eigenvalue weighted by Crippen LogP contribution is 2.55. The standard InChI is InChI=1S/C33H18N2O.C29H18N2O.C29H16N2O/c1-2-15-28-27(14-1)35-32-26(13-6-16-29(32)36-28)34-33(35)25-18-17-24-21-10-4-8-19-7-3-9-20(30(19)21)22-11-5-12-23(25)31(22)24;1-2-12-24-23(11-1)31-28-22(10-5-13-25(28)32-24)30-29(31)21-16-19-8-3-6-17-14-15-18-7-4-9-20(21)27(18)26(17)19;1-2-8-18-17(7-1)19-9-5-10-20-22(16-15-21(18)27(19)20)29-30-23-11-6-14-26-28(23)31(29)24-12-3-4-13-25(24)32-26/h1-18H;1-7,9-16,27H,8H2;1-16H. The van der Waals surface area contributed by atoms with Crippen molar-refractivity contribution in [1.29, 1.82) is 0 Å².